The van der Waals surface area contributed by atoms with E-state index in [2.05, 4.69) is 10.1 Å². The van der Waals surface area contributed by atoms with E-state index in [0.717, 1.165) is 21.0 Å². The summed E-state index contributed by atoms with van der Waals surface area (Å²) in [5.74, 6) is 0.173. The first-order valence-corrected chi connectivity index (χ1v) is 9.67. The first-order valence-electron chi connectivity index (χ1n) is 8.79. The molecule has 0 saturated heterocycles. The van der Waals surface area contributed by atoms with E-state index in [1.165, 1.54) is 18.4 Å². The van der Waals surface area contributed by atoms with Crippen molar-refractivity contribution in [1.82, 2.24) is 14.8 Å². The Labute approximate surface area is 170 Å². The zero-order valence-electron chi connectivity index (χ0n) is 15.8. The summed E-state index contributed by atoms with van der Waals surface area (Å²) in [5, 5.41) is 7.65. The molecule has 2 aromatic carbocycles. The molecule has 2 heterocycles. The van der Waals surface area contributed by atoms with E-state index in [1.807, 2.05) is 29.6 Å². The topological polar surface area (TPSA) is 83.3 Å². The van der Waals surface area contributed by atoms with Crippen molar-refractivity contribution in [2.45, 2.75) is 6.61 Å². The number of thiazole rings is 1. The van der Waals surface area contributed by atoms with Crippen molar-refractivity contribution in [2.75, 3.05) is 7.11 Å². The van der Waals surface area contributed by atoms with Crippen LogP contribution in [0.3, 0.4) is 0 Å². The number of nitrogens with zero attached hydrogens (tertiary/aromatic N) is 3. The zero-order chi connectivity index (χ0) is 20.4. The van der Waals surface area contributed by atoms with Crippen molar-refractivity contribution in [3.05, 3.63) is 75.7 Å². The second-order valence-electron chi connectivity index (χ2n) is 6.27. The van der Waals surface area contributed by atoms with Crippen LogP contribution in [0.15, 0.2) is 58.7 Å². The fourth-order valence-electron chi connectivity index (χ4n) is 2.90. The van der Waals surface area contributed by atoms with Gasteiger partial charge in [-0.25, -0.2) is 14.5 Å². The molecule has 0 fully saturated rings. The van der Waals surface area contributed by atoms with Gasteiger partial charge in [0.15, 0.2) is 5.69 Å². The highest BCUT2D eigenvalue weighted by Gasteiger charge is 2.17. The summed E-state index contributed by atoms with van der Waals surface area (Å²) in [6.07, 6.45) is 0. The number of hydrogen-bond donors (Lipinski definition) is 0. The van der Waals surface area contributed by atoms with Crippen LogP contribution in [0.4, 0.5) is 0 Å². The van der Waals surface area contributed by atoms with E-state index in [-0.39, 0.29) is 17.9 Å². The summed E-state index contributed by atoms with van der Waals surface area (Å²) in [6.45, 7) is 0.0182. The zero-order valence-corrected chi connectivity index (χ0v) is 16.6. The SMILES string of the molecule is COc1ccc(-c2nc(COC(=O)c3nn(C)c(=O)c4ccccc34)cs2)cc1. The molecule has 4 aromatic rings. The van der Waals surface area contributed by atoms with E-state index in [9.17, 15) is 9.59 Å². The van der Waals surface area contributed by atoms with Crippen LogP contribution in [0.5, 0.6) is 5.75 Å². The minimum Gasteiger partial charge on any atom is -0.497 e. The van der Waals surface area contributed by atoms with Crippen molar-refractivity contribution in [2.24, 2.45) is 7.05 Å². The molecular weight excluding hydrogens is 390 g/mol. The molecule has 146 valence electrons. The molecule has 0 saturated carbocycles. The van der Waals surface area contributed by atoms with Crippen LogP contribution in [0, 0.1) is 0 Å². The molecule has 0 spiro atoms. The molecule has 0 aliphatic carbocycles. The Balaban J connectivity index is 1.52. The van der Waals surface area contributed by atoms with Gasteiger partial charge in [-0.15, -0.1) is 11.3 Å². The lowest BCUT2D eigenvalue weighted by molar-refractivity contribution is 0.0461. The molecule has 0 N–H and O–H groups in total. The minimum atomic E-state index is -0.601. The van der Waals surface area contributed by atoms with Crippen LogP contribution >= 0.6 is 11.3 Å². The van der Waals surface area contributed by atoms with E-state index < -0.39 is 5.97 Å². The third-order valence-electron chi connectivity index (χ3n) is 4.39. The molecule has 2 aromatic heterocycles. The average Bonchev–Trinajstić information content (AvgIpc) is 3.24. The minimum absolute atomic E-state index is 0.0182. The summed E-state index contributed by atoms with van der Waals surface area (Å²) in [5.41, 5.74) is 1.44. The maximum absolute atomic E-state index is 12.6. The monoisotopic (exact) mass is 407 g/mol. The number of benzene rings is 2. The molecular formula is C21H17N3O4S. The van der Waals surface area contributed by atoms with Crippen molar-refractivity contribution in [1.29, 1.82) is 0 Å². The predicted octanol–water partition coefficient (Wildman–Crippen LogP) is 3.42. The van der Waals surface area contributed by atoms with Gasteiger partial charge < -0.3 is 9.47 Å². The number of ether oxygens (including phenoxy) is 2. The van der Waals surface area contributed by atoms with Gasteiger partial charge in [0.1, 0.15) is 17.4 Å². The van der Waals surface area contributed by atoms with Crippen LogP contribution in [-0.2, 0) is 18.4 Å². The van der Waals surface area contributed by atoms with Gasteiger partial charge in [0.2, 0.25) is 0 Å². The summed E-state index contributed by atoms with van der Waals surface area (Å²) in [7, 11) is 3.13. The number of aromatic nitrogens is 3. The fraction of sp³-hybridized carbons (Fsp3) is 0.143. The molecule has 0 unspecified atom stereocenters. The highest BCUT2D eigenvalue weighted by atomic mass is 32.1. The quantitative estimate of drug-likeness (QED) is 0.472. The smallest absolute Gasteiger partial charge is 0.359 e. The number of esters is 1. The molecule has 0 aliphatic rings. The average molecular weight is 407 g/mol. The third-order valence-corrected chi connectivity index (χ3v) is 5.33. The summed E-state index contributed by atoms with van der Waals surface area (Å²) in [4.78, 5) is 29.3. The summed E-state index contributed by atoms with van der Waals surface area (Å²) >= 11 is 1.47. The number of carbonyl (C=O) groups excluding carboxylic acids is 1. The van der Waals surface area contributed by atoms with Crippen molar-refractivity contribution >= 4 is 28.1 Å². The first-order chi connectivity index (χ1) is 14.1. The second kappa shape index (κ2) is 7.84. The second-order valence-corrected chi connectivity index (χ2v) is 7.13. The van der Waals surface area contributed by atoms with Gasteiger partial charge in [-0.2, -0.15) is 5.10 Å². The molecule has 0 radical (unpaired) electrons. The molecule has 29 heavy (non-hydrogen) atoms. The van der Waals surface area contributed by atoms with Gasteiger partial charge in [0, 0.05) is 23.4 Å². The van der Waals surface area contributed by atoms with E-state index >= 15 is 0 Å². The van der Waals surface area contributed by atoms with Gasteiger partial charge in [-0.1, -0.05) is 18.2 Å². The third kappa shape index (κ3) is 3.74. The maximum Gasteiger partial charge on any atom is 0.359 e. The normalized spacial score (nSPS) is 10.8. The van der Waals surface area contributed by atoms with Crippen LogP contribution in [0.1, 0.15) is 16.2 Å². The lowest BCUT2D eigenvalue weighted by atomic mass is 10.1. The lowest BCUT2D eigenvalue weighted by Crippen LogP contribution is -2.23. The van der Waals surface area contributed by atoms with Gasteiger partial charge in [0.25, 0.3) is 5.56 Å². The Morgan fingerprint density at radius 1 is 1.10 bits per heavy atom. The number of rotatable bonds is 5. The first kappa shape index (κ1) is 18.8. The Morgan fingerprint density at radius 2 is 1.83 bits per heavy atom. The van der Waals surface area contributed by atoms with Gasteiger partial charge in [-0.05, 0) is 30.3 Å². The van der Waals surface area contributed by atoms with Crippen LogP contribution in [0.2, 0.25) is 0 Å². The van der Waals surface area contributed by atoms with Crippen molar-refractivity contribution in [3.8, 4) is 16.3 Å². The summed E-state index contributed by atoms with van der Waals surface area (Å²) < 4.78 is 11.7. The fourth-order valence-corrected chi connectivity index (χ4v) is 3.71. The molecule has 0 atom stereocenters. The van der Waals surface area contributed by atoms with Crippen LogP contribution < -0.4 is 10.3 Å². The van der Waals surface area contributed by atoms with Gasteiger partial charge >= 0.3 is 5.97 Å². The van der Waals surface area contributed by atoms with Gasteiger partial charge in [-0.3, -0.25) is 4.79 Å². The predicted molar refractivity (Wildman–Crippen MR) is 110 cm³/mol. The molecule has 0 bridgehead atoms. The Bertz CT molecular complexity index is 1250. The standard InChI is InChI=1S/C21H17N3O4S/c1-24-20(25)17-6-4-3-5-16(17)18(23-24)21(26)28-11-14-12-29-19(22-14)13-7-9-15(27-2)10-8-13/h3-10,12H,11H2,1-2H3. The van der Waals surface area contributed by atoms with E-state index in [1.54, 1.807) is 31.4 Å². The molecule has 0 aliphatic heterocycles. The molecule has 4 rings (SSSR count). The highest BCUT2D eigenvalue weighted by molar-refractivity contribution is 7.13. The van der Waals surface area contributed by atoms with Crippen molar-refractivity contribution in [3.63, 3.8) is 0 Å². The van der Waals surface area contributed by atoms with E-state index in [4.69, 9.17) is 9.47 Å². The maximum atomic E-state index is 12.6. The number of fused-ring (bicyclic) bond motifs is 1. The largest absolute Gasteiger partial charge is 0.497 e. The Kier molecular flexibility index (Phi) is 5.09. The van der Waals surface area contributed by atoms with Crippen LogP contribution in [-0.4, -0.2) is 27.8 Å². The number of aryl methyl sites for hydroxylation is 1. The Hall–Kier alpha value is -3.52. The Morgan fingerprint density at radius 3 is 2.55 bits per heavy atom. The number of carbonyl (C=O) groups is 1. The van der Waals surface area contributed by atoms with Crippen molar-refractivity contribution < 1.29 is 14.3 Å². The number of hydrogen-bond acceptors (Lipinski definition) is 7. The summed E-state index contributed by atoms with van der Waals surface area (Å²) in [6, 6.07) is 14.4. The molecule has 0 amide bonds. The molecule has 7 nitrogen and oxygen atoms in total. The van der Waals surface area contributed by atoms with E-state index in [0.29, 0.717) is 16.5 Å². The number of methoxy groups -OCH3 is 1. The van der Waals surface area contributed by atoms with Crippen LogP contribution in [0.25, 0.3) is 21.3 Å². The van der Waals surface area contributed by atoms with Gasteiger partial charge in [0.05, 0.1) is 18.2 Å². The molecule has 8 heteroatoms. The highest BCUT2D eigenvalue weighted by Crippen LogP contribution is 2.26. The lowest BCUT2D eigenvalue weighted by Gasteiger charge is -2.07.